The van der Waals surface area contributed by atoms with Gasteiger partial charge in [-0.3, -0.25) is 4.79 Å². The normalized spacial score (nSPS) is 10.2. The molecule has 120 valence electrons. The van der Waals surface area contributed by atoms with Crippen molar-refractivity contribution >= 4 is 23.1 Å². The topological polar surface area (TPSA) is 85.2 Å². The Kier molecular flexibility index (Phi) is 5.30. The highest BCUT2D eigenvalue weighted by Crippen LogP contribution is 2.20. The van der Waals surface area contributed by atoms with Crippen molar-refractivity contribution in [2.75, 3.05) is 17.7 Å². The maximum Gasteiger partial charge on any atom is 0.309 e. The van der Waals surface area contributed by atoms with Crippen molar-refractivity contribution in [3.8, 4) is 0 Å². The summed E-state index contributed by atoms with van der Waals surface area (Å²) in [5, 5.41) is 22.8. The van der Waals surface area contributed by atoms with Crippen LogP contribution in [0.5, 0.6) is 0 Å². The molecule has 5 nitrogen and oxygen atoms in total. The molecule has 2 rings (SSSR count). The SMILES string of the molecule is CNc1ccc(CNc2cc(F)ccc2C(=N)CC(=O)O)cc1. The number of aliphatic carboxylic acids is 1. The molecule has 0 saturated carbocycles. The average molecular weight is 315 g/mol. The van der Waals surface area contributed by atoms with E-state index in [1.54, 1.807) is 0 Å². The Hall–Kier alpha value is -2.89. The van der Waals surface area contributed by atoms with E-state index in [-0.39, 0.29) is 5.71 Å². The van der Waals surface area contributed by atoms with Crippen LogP contribution in [-0.2, 0) is 11.3 Å². The summed E-state index contributed by atoms with van der Waals surface area (Å²) in [5.74, 6) is -1.53. The molecule has 0 aliphatic carbocycles. The molecule has 0 unspecified atom stereocenters. The van der Waals surface area contributed by atoms with Gasteiger partial charge in [-0.25, -0.2) is 4.39 Å². The molecule has 0 atom stereocenters. The highest BCUT2D eigenvalue weighted by molar-refractivity contribution is 6.10. The monoisotopic (exact) mass is 315 g/mol. The quantitative estimate of drug-likeness (QED) is 0.591. The standard InChI is InChI=1S/C17H18FN3O2/c1-20-13-5-2-11(3-6-13)10-21-16-8-12(18)4-7-14(16)15(19)9-17(22)23/h2-8,19-21H,9-10H2,1H3,(H,22,23). The molecule has 0 fully saturated rings. The van der Waals surface area contributed by atoms with Gasteiger partial charge < -0.3 is 21.1 Å². The largest absolute Gasteiger partial charge is 0.481 e. The summed E-state index contributed by atoms with van der Waals surface area (Å²) in [6.07, 6.45) is -0.406. The van der Waals surface area contributed by atoms with Gasteiger partial charge in [-0.2, -0.15) is 0 Å². The van der Waals surface area contributed by atoms with Crippen LogP contribution in [-0.4, -0.2) is 23.8 Å². The number of rotatable bonds is 7. The molecule has 0 aromatic heterocycles. The fourth-order valence-electron chi connectivity index (χ4n) is 2.16. The van der Waals surface area contributed by atoms with Gasteiger partial charge in [0.1, 0.15) is 5.82 Å². The number of benzene rings is 2. The molecule has 4 N–H and O–H groups in total. The number of nitrogens with one attached hydrogen (secondary N) is 3. The summed E-state index contributed by atoms with van der Waals surface area (Å²) in [6, 6.07) is 11.6. The van der Waals surface area contributed by atoms with Crippen LogP contribution in [0.2, 0.25) is 0 Å². The van der Waals surface area contributed by atoms with E-state index >= 15 is 0 Å². The van der Waals surface area contributed by atoms with Gasteiger partial charge >= 0.3 is 5.97 Å². The zero-order valence-corrected chi connectivity index (χ0v) is 12.7. The van der Waals surface area contributed by atoms with Crippen molar-refractivity contribution in [2.45, 2.75) is 13.0 Å². The number of hydrogen-bond donors (Lipinski definition) is 4. The van der Waals surface area contributed by atoms with Crippen molar-refractivity contribution in [1.82, 2.24) is 0 Å². The molecule has 23 heavy (non-hydrogen) atoms. The number of halogens is 1. The average Bonchev–Trinajstić information content (AvgIpc) is 2.52. The Morgan fingerprint density at radius 1 is 1.22 bits per heavy atom. The fraction of sp³-hybridized carbons (Fsp3) is 0.176. The van der Waals surface area contributed by atoms with Crippen molar-refractivity contribution in [2.24, 2.45) is 0 Å². The number of carbonyl (C=O) groups is 1. The highest BCUT2D eigenvalue weighted by Gasteiger charge is 2.12. The van der Waals surface area contributed by atoms with Crippen molar-refractivity contribution in [3.05, 3.63) is 59.4 Å². The van der Waals surface area contributed by atoms with Crippen LogP contribution in [0.4, 0.5) is 15.8 Å². The minimum Gasteiger partial charge on any atom is -0.481 e. The number of hydrogen-bond acceptors (Lipinski definition) is 4. The number of carboxylic acid groups (broad SMARTS) is 1. The summed E-state index contributed by atoms with van der Waals surface area (Å²) >= 11 is 0. The van der Waals surface area contributed by atoms with Crippen LogP contribution in [0.25, 0.3) is 0 Å². The van der Waals surface area contributed by atoms with E-state index in [1.165, 1.54) is 18.2 Å². The summed E-state index contributed by atoms with van der Waals surface area (Å²) in [4.78, 5) is 10.8. The molecule has 0 spiro atoms. The van der Waals surface area contributed by atoms with Gasteiger partial charge in [0, 0.05) is 30.5 Å². The first kappa shape index (κ1) is 16.5. The lowest BCUT2D eigenvalue weighted by molar-refractivity contribution is -0.135. The van der Waals surface area contributed by atoms with Crippen molar-refractivity contribution < 1.29 is 14.3 Å². The van der Waals surface area contributed by atoms with Gasteiger partial charge in [0.15, 0.2) is 0 Å². The smallest absolute Gasteiger partial charge is 0.309 e. The van der Waals surface area contributed by atoms with Crippen LogP contribution in [0.1, 0.15) is 17.5 Å². The van der Waals surface area contributed by atoms with Crippen LogP contribution in [0.15, 0.2) is 42.5 Å². The molecule has 6 heteroatoms. The Labute approximate surface area is 133 Å². The molecule has 0 radical (unpaired) electrons. The molecule has 0 saturated heterocycles. The Morgan fingerprint density at radius 2 is 1.91 bits per heavy atom. The van der Waals surface area contributed by atoms with E-state index in [4.69, 9.17) is 10.5 Å². The minimum absolute atomic E-state index is 0.0643. The molecule has 2 aromatic carbocycles. The first-order valence-electron chi connectivity index (χ1n) is 7.09. The van der Waals surface area contributed by atoms with Gasteiger partial charge in [0.05, 0.1) is 12.1 Å². The van der Waals surface area contributed by atoms with Gasteiger partial charge in [0.2, 0.25) is 0 Å². The zero-order valence-electron chi connectivity index (χ0n) is 12.7. The number of carboxylic acids is 1. The minimum atomic E-state index is -1.09. The Morgan fingerprint density at radius 3 is 2.52 bits per heavy atom. The predicted molar refractivity (Wildman–Crippen MR) is 88.8 cm³/mol. The van der Waals surface area contributed by atoms with E-state index in [0.29, 0.717) is 17.8 Å². The highest BCUT2D eigenvalue weighted by atomic mass is 19.1. The van der Waals surface area contributed by atoms with E-state index in [0.717, 1.165) is 11.3 Å². The molecule has 0 aliphatic heterocycles. The van der Waals surface area contributed by atoms with Crippen molar-refractivity contribution in [1.29, 1.82) is 5.41 Å². The maximum atomic E-state index is 13.5. The predicted octanol–water partition coefficient (Wildman–Crippen LogP) is 3.32. The Balaban J connectivity index is 2.15. The summed E-state index contributed by atoms with van der Waals surface area (Å²) < 4.78 is 13.5. The van der Waals surface area contributed by atoms with E-state index in [9.17, 15) is 9.18 Å². The third-order valence-electron chi connectivity index (χ3n) is 3.36. The fourth-order valence-corrected chi connectivity index (χ4v) is 2.16. The van der Waals surface area contributed by atoms with Crippen molar-refractivity contribution in [3.63, 3.8) is 0 Å². The summed E-state index contributed by atoms with van der Waals surface area (Å²) in [5.41, 5.74) is 2.72. The first-order chi connectivity index (χ1) is 11.0. The second-order valence-electron chi connectivity index (χ2n) is 5.04. The molecule has 2 aromatic rings. The molecular formula is C17H18FN3O2. The lowest BCUT2D eigenvalue weighted by atomic mass is 10.0. The summed E-state index contributed by atoms with van der Waals surface area (Å²) in [7, 11) is 1.83. The lowest BCUT2D eigenvalue weighted by Crippen LogP contribution is -2.11. The second kappa shape index (κ2) is 7.40. The Bertz CT molecular complexity index is 714. The van der Waals surface area contributed by atoms with Crippen LogP contribution in [0.3, 0.4) is 0 Å². The summed E-state index contributed by atoms with van der Waals surface area (Å²) in [6.45, 7) is 0.445. The third-order valence-corrected chi connectivity index (χ3v) is 3.36. The van der Waals surface area contributed by atoms with Gasteiger partial charge in [0.25, 0.3) is 0 Å². The number of anilines is 2. The van der Waals surface area contributed by atoms with Gasteiger partial charge in [-0.05, 0) is 35.9 Å². The van der Waals surface area contributed by atoms with Gasteiger partial charge in [-0.1, -0.05) is 12.1 Å². The second-order valence-corrected chi connectivity index (χ2v) is 5.04. The third kappa shape index (κ3) is 4.54. The first-order valence-corrected chi connectivity index (χ1v) is 7.09. The molecular weight excluding hydrogens is 297 g/mol. The lowest BCUT2D eigenvalue weighted by Gasteiger charge is -2.13. The van der Waals surface area contributed by atoms with Gasteiger partial charge in [-0.15, -0.1) is 0 Å². The van der Waals surface area contributed by atoms with Crippen LogP contribution in [0, 0.1) is 11.2 Å². The van der Waals surface area contributed by atoms with Crippen LogP contribution < -0.4 is 10.6 Å². The van der Waals surface area contributed by atoms with Crippen LogP contribution >= 0.6 is 0 Å². The van der Waals surface area contributed by atoms with E-state index < -0.39 is 18.2 Å². The molecule has 0 aliphatic rings. The molecule has 0 heterocycles. The zero-order chi connectivity index (χ0) is 16.8. The maximum absolute atomic E-state index is 13.5. The molecule has 0 bridgehead atoms. The van der Waals surface area contributed by atoms with E-state index in [2.05, 4.69) is 10.6 Å². The van der Waals surface area contributed by atoms with E-state index in [1.807, 2.05) is 31.3 Å². The molecule has 0 amide bonds.